The molecule has 0 saturated carbocycles. The molecule has 0 amide bonds. The maximum Gasteiger partial charge on any atom is 0.336 e. The molecule has 1 saturated heterocycles. The van der Waals surface area contributed by atoms with Gasteiger partial charge in [0.15, 0.2) is 0 Å². The van der Waals surface area contributed by atoms with Crippen molar-refractivity contribution in [3.63, 3.8) is 0 Å². The van der Waals surface area contributed by atoms with E-state index in [-0.39, 0.29) is 11.7 Å². The number of hydrogen-bond donors (Lipinski definition) is 1. The van der Waals surface area contributed by atoms with Gasteiger partial charge < -0.3 is 14.6 Å². The van der Waals surface area contributed by atoms with E-state index < -0.39 is 5.97 Å². The zero-order valence-electron chi connectivity index (χ0n) is 17.6. The molecular formula is C25H23NO4S. The standard InChI is InChI=1S/C25H23NO4S/c1-13-8-9-20(30-15(3)16-11-29-12-16)22-18(25(27)28)10-19(26-23(13)22)24-14(2)17-6-4-5-7-21(17)31-24/h4-10,15-16H,11-12H2,1-3H3,(H,27,28)/t15-/m0/s1. The van der Waals surface area contributed by atoms with Crippen LogP contribution in [-0.2, 0) is 4.74 Å². The number of carboxylic acid groups (broad SMARTS) is 1. The summed E-state index contributed by atoms with van der Waals surface area (Å²) in [5, 5.41) is 11.8. The van der Waals surface area contributed by atoms with Crippen molar-refractivity contribution < 1.29 is 19.4 Å². The zero-order valence-corrected chi connectivity index (χ0v) is 18.5. The van der Waals surface area contributed by atoms with E-state index in [0.29, 0.717) is 41.5 Å². The molecule has 158 valence electrons. The molecule has 0 spiro atoms. The first kappa shape index (κ1) is 20.0. The Kier molecular flexibility index (Phi) is 4.91. The SMILES string of the molecule is Cc1c(-c2cc(C(=O)O)c3c(O[C@@H](C)C4COC4)ccc(C)c3n2)sc2ccccc12. The number of nitrogens with zero attached hydrogens (tertiary/aromatic N) is 1. The fourth-order valence-electron chi connectivity index (χ4n) is 4.07. The monoisotopic (exact) mass is 433 g/mol. The third-order valence-electron chi connectivity index (χ3n) is 6.07. The summed E-state index contributed by atoms with van der Waals surface area (Å²) in [7, 11) is 0. The molecule has 2 aromatic heterocycles. The highest BCUT2D eigenvalue weighted by molar-refractivity contribution is 7.22. The number of aryl methyl sites for hydroxylation is 2. The van der Waals surface area contributed by atoms with Gasteiger partial charge in [-0.15, -0.1) is 11.3 Å². The van der Waals surface area contributed by atoms with Gasteiger partial charge in [0, 0.05) is 10.6 Å². The van der Waals surface area contributed by atoms with Crippen molar-refractivity contribution in [3.8, 4) is 16.3 Å². The summed E-state index contributed by atoms with van der Waals surface area (Å²) in [5.41, 5.74) is 3.61. The van der Waals surface area contributed by atoms with E-state index in [1.165, 1.54) is 10.1 Å². The highest BCUT2D eigenvalue weighted by Crippen LogP contribution is 2.40. The minimum absolute atomic E-state index is 0.0641. The molecule has 2 aromatic carbocycles. The molecule has 0 unspecified atom stereocenters. The van der Waals surface area contributed by atoms with Crippen LogP contribution >= 0.6 is 11.3 Å². The van der Waals surface area contributed by atoms with Gasteiger partial charge in [-0.2, -0.15) is 0 Å². The summed E-state index contributed by atoms with van der Waals surface area (Å²) >= 11 is 1.64. The number of ether oxygens (including phenoxy) is 2. The van der Waals surface area contributed by atoms with E-state index in [1.807, 2.05) is 38.1 Å². The first-order chi connectivity index (χ1) is 14.9. The molecule has 5 rings (SSSR count). The Balaban J connectivity index is 1.71. The summed E-state index contributed by atoms with van der Waals surface area (Å²) in [6.07, 6.45) is -0.0641. The molecule has 0 aliphatic carbocycles. The summed E-state index contributed by atoms with van der Waals surface area (Å²) in [6, 6.07) is 13.7. The van der Waals surface area contributed by atoms with Crippen LogP contribution in [0.25, 0.3) is 31.6 Å². The molecule has 1 atom stereocenters. The normalized spacial score (nSPS) is 15.2. The van der Waals surface area contributed by atoms with Crippen molar-refractivity contribution in [2.24, 2.45) is 5.92 Å². The van der Waals surface area contributed by atoms with Crippen LogP contribution in [-0.4, -0.2) is 35.4 Å². The molecule has 6 heteroatoms. The quantitative estimate of drug-likeness (QED) is 0.428. The summed E-state index contributed by atoms with van der Waals surface area (Å²) < 4.78 is 12.7. The molecular weight excluding hydrogens is 410 g/mol. The third-order valence-corrected chi connectivity index (χ3v) is 7.37. The van der Waals surface area contributed by atoms with Crippen molar-refractivity contribution in [1.82, 2.24) is 4.98 Å². The van der Waals surface area contributed by atoms with Crippen molar-refractivity contribution in [2.75, 3.05) is 13.2 Å². The number of carboxylic acids is 1. The van der Waals surface area contributed by atoms with E-state index >= 15 is 0 Å². The van der Waals surface area contributed by atoms with E-state index in [1.54, 1.807) is 17.4 Å². The predicted molar refractivity (Wildman–Crippen MR) is 123 cm³/mol. The van der Waals surface area contributed by atoms with Gasteiger partial charge in [0.1, 0.15) is 11.9 Å². The maximum absolute atomic E-state index is 12.3. The van der Waals surface area contributed by atoms with Crippen LogP contribution in [0.4, 0.5) is 0 Å². The van der Waals surface area contributed by atoms with Crippen LogP contribution in [0.15, 0.2) is 42.5 Å². The Bertz CT molecular complexity index is 1320. The zero-order chi connectivity index (χ0) is 21.7. The first-order valence-electron chi connectivity index (χ1n) is 10.3. The van der Waals surface area contributed by atoms with E-state index in [9.17, 15) is 9.90 Å². The Morgan fingerprint density at radius 3 is 2.68 bits per heavy atom. The lowest BCUT2D eigenvalue weighted by Crippen LogP contribution is -2.39. The molecule has 0 bridgehead atoms. The van der Waals surface area contributed by atoms with Crippen molar-refractivity contribution in [3.05, 3.63) is 59.2 Å². The van der Waals surface area contributed by atoms with Crippen molar-refractivity contribution in [2.45, 2.75) is 26.9 Å². The average molecular weight is 434 g/mol. The Morgan fingerprint density at radius 2 is 2.00 bits per heavy atom. The van der Waals surface area contributed by atoms with Gasteiger partial charge in [0.2, 0.25) is 0 Å². The van der Waals surface area contributed by atoms with Crippen LogP contribution in [0.3, 0.4) is 0 Å². The van der Waals surface area contributed by atoms with E-state index in [2.05, 4.69) is 19.1 Å². The predicted octanol–water partition coefficient (Wildman–Crippen LogP) is 5.85. The lowest BCUT2D eigenvalue weighted by atomic mass is 10.0. The van der Waals surface area contributed by atoms with Crippen LogP contribution in [0.2, 0.25) is 0 Å². The second-order valence-electron chi connectivity index (χ2n) is 8.14. The number of carbonyl (C=O) groups is 1. The lowest BCUT2D eigenvalue weighted by molar-refractivity contribution is -0.0774. The number of pyridine rings is 1. The number of aromatic nitrogens is 1. The number of rotatable bonds is 5. The lowest BCUT2D eigenvalue weighted by Gasteiger charge is -2.32. The minimum atomic E-state index is -0.984. The van der Waals surface area contributed by atoms with Crippen molar-refractivity contribution in [1.29, 1.82) is 0 Å². The highest BCUT2D eigenvalue weighted by atomic mass is 32.1. The van der Waals surface area contributed by atoms with Crippen LogP contribution < -0.4 is 4.74 Å². The van der Waals surface area contributed by atoms with E-state index in [0.717, 1.165) is 16.0 Å². The first-order valence-corrected chi connectivity index (χ1v) is 11.2. The van der Waals surface area contributed by atoms with Gasteiger partial charge in [-0.1, -0.05) is 24.3 Å². The number of fused-ring (bicyclic) bond motifs is 2. The van der Waals surface area contributed by atoms with Gasteiger partial charge in [-0.05, 0) is 55.5 Å². The van der Waals surface area contributed by atoms with Gasteiger partial charge in [-0.3, -0.25) is 0 Å². The molecule has 0 radical (unpaired) electrons. The highest BCUT2D eigenvalue weighted by Gasteiger charge is 2.28. The van der Waals surface area contributed by atoms with Crippen molar-refractivity contribution >= 4 is 38.3 Å². The third kappa shape index (κ3) is 3.36. The Labute approximate surface area is 184 Å². The number of benzene rings is 2. The fraction of sp³-hybridized carbons (Fsp3) is 0.280. The molecule has 5 nitrogen and oxygen atoms in total. The largest absolute Gasteiger partial charge is 0.490 e. The van der Waals surface area contributed by atoms with E-state index in [4.69, 9.17) is 14.5 Å². The van der Waals surface area contributed by atoms with Gasteiger partial charge in [0.25, 0.3) is 0 Å². The van der Waals surface area contributed by atoms with Gasteiger partial charge in [-0.25, -0.2) is 9.78 Å². The summed E-state index contributed by atoms with van der Waals surface area (Å²) in [4.78, 5) is 18.2. The Morgan fingerprint density at radius 1 is 1.23 bits per heavy atom. The summed E-state index contributed by atoms with van der Waals surface area (Å²) in [5.74, 6) is -0.106. The van der Waals surface area contributed by atoms with Crippen LogP contribution in [0.1, 0.15) is 28.4 Å². The van der Waals surface area contributed by atoms with Crippen LogP contribution in [0, 0.1) is 19.8 Å². The smallest absolute Gasteiger partial charge is 0.336 e. The van der Waals surface area contributed by atoms with Crippen LogP contribution in [0.5, 0.6) is 5.75 Å². The minimum Gasteiger partial charge on any atom is -0.490 e. The molecule has 1 aliphatic heterocycles. The average Bonchev–Trinajstić information content (AvgIpc) is 3.05. The maximum atomic E-state index is 12.3. The summed E-state index contributed by atoms with van der Waals surface area (Å²) in [6.45, 7) is 7.36. The van der Waals surface area contributed by atoms with Gasteiger partial charge >= 0.3 is 5.97 Å². The number of thiophene rings is 1. The second-order valence-corrected chi connectivity index (χ2v) is 9.19. The molecule has 1 aliphatic rings. The second kappa shape index (κ2) is 7.62. The molecule has 1 N–H and O–H groups in total. The topological polar surface area (TPSA) is 68.7 Å². The Hall–Kier alpha value is -2.96. The molecule has 31 heavy (non-hydrogen) atoms. The molecule has 4 aromatic rings. The fourth-order valence-corrected chi connectivity index (χ4v) is 5.24. The molecule has 1 fully saturated rings. The number of hydrogen-bond acceptors (Lipinski definition) is 5. The van der Waals surface area contributed by atoms with Gasteiger partial charge in [0.05, 0.1) is 40.3 Å². The number of aromatic carboxylic acids is 1. The molecule has 3 heterocycles.